The summed E-state index contributed by atoms with van der Waals surface area (Å²) in [5.41, 5.74) is 8.67. The normalized spacial score (nSPS) is 14.4. The molecule has 81 heavy (non-hydrogen) atoms. The molecule has 2 amide bonds. The summed E-state index contributed by atoms with van der Waals surface area (Å²) in [6.45, 7) is 11.0. The van der Waals surface area contributed by atoms with Crippen molar-refractivity contribution in [1.29, 1.82) is 0 Å². The number of carboxylic acids is 1. The Morgan fingerprint density at radius 1 is 0.642 bits per heavy atom. The Balaban J connectivity index is 0.000000240. The van der Waals surface area contributed by atoms with Crippen LogP contribution >= 0.6 is 0 Å². The van der Waals surface area contributed by atoms with E-state index in [1.165, 1.54) is 25.1 Å². The van der Waals surface area contributed by atoms with Gasteiger partial charge in [0.1, 0.15) is 37.0 Å². The zero-order chi connectivity index (χ0) is 57.0. The molecular weight excluding hydrogens is 1040 g/mol. The van der Waals surface area contributed by atoms with E-state index in [1.54, 1.807) is 26.4 Å². The number of aryl methyl sites for hydroxylation is 2. The summed E-state index contributed by atoms with van der Waals surface area (Å²) in [5.74, 6) is 1.35. The molecule has 10 rings (SSSR count). The number of methoxy groups -OCH3 is 2. The second-order valence-electron chi connectivity index (χ2n) is 19.8. The van der Waals surface area contributed by atoms with Gasteiger partial charge in [-0.3, -0.25) is 28.8 Å². The first kappa shape index (κ1) is 64.5. The van der Waals surface area contributed by atoms with E-state index in [-0.39, 0.29) is 48.8 Å². The van der Waals surface area contributed by atoms with E-state index >= 15 is 0 Å². The Morgan fingerprint density at radius 3 is 1.44 bits per heavy atom. The third-order valence-electron chi connectivity index (χ3n) is 14.2. The van der Waals surface area contributed by atoms with Gasteiger partial charge >= 0.3 is 29.6 Å². The first-order valence-electron chi connectivity index (χ1n) is 26.3. The summed E-state index contributed by atoms with van der Waals surface area (Å²) in [5, 5.41) is 7.42. The van der Waals surface area contributed by atoms with Crippen molar-refractivity contribution < 1.29 is 91.7 Å². The van der Waals surface area contributed by atoms with Crippen LogP contribution in [0.2, 0.25) is 0 Å². The van der Waals surface area contributed by atoms with Gasteiger partial charge in [-0.15, -0.1) is 0 Å². The fraction of sp³-hybridized carbons (Fsp3) is 0.377. The third-order valence-corrected chi connectivity index (χ3v) is 14.2. The van der Waals surface area contributed by atoms with Crippen LogP contribution in [0.4, 0.5) is 0 Å². The van der Waals surface area contributed by atoms with E-state index in [1.807, 2.05) is 64.5 Å². The molecule has 0 unspecified atom stereocenters. The number of ether oxygens (including phenoxy) is 4. The number of aromatic nitrogens is 2. The van der Waals surface area contributed by atoms with Crippen molar-refractivity contribution in [2.24, 2.45) is 0 Å². The molecule has 0 saturated carbocycles. The van der Waals surface area contributed by atoms with Gasteiger partial charge in [-0.25, -0.2) is 0 Å². The maximum absolute atomic E-state index is 13.3. The van der Waals surface area contributed by atoms with Crippen molar-refractivity contribution in [3.05, 3.63) is 154 Å². The fourth-order valence-corrected chi connectivity index (χ4v) is 10.4. The average Bonchev–Trinajstić information content (AvgIpc) is 4.16. The van der Waals surface area contributed by atoms with Gasteiger partial charge in [0.15, 0.2) is 11.2 Å². The van der Waals surface area contributed by atoms with Gasteiger partial charge in [0, 0.05) is 108 Å². The van der Waals surface area contributed by atoms with Gasteiger partial charge in [-0.1, -0.05) is 39.5 Å². The van der Waals surface area contributed by atoms with E-state index in [0.717, 1.165) is 90.9 Å². The van der Waals surface area contributed by atoms with E-state index in [0.29, 0.717) is 69.1 Å². The van der Waals surface area contributed by atoms with E-state index in [4.69, 9.17) is 28.8 Å². The summed E-state index contributed by atoms with van der Waals surface area (Å²) < 4.78 is 37.0. The molecule has 4 aromatic carbocycles. The average molecular weight is 1120 g/mol. The monoisotopic (exact) mass is 1120 g/mol. The number of likely N-dealkylation sites (tertiary alicyclic amines) is 2. The van der Waals surface area contributed by atoms with Gasteiger partial charge in [-0.2, -0.15) is 0 Å². The molecule has 424 valence electrons. The van der Waals surface area contributed by atoms with Crippen LogP contribution in [-0.2, 0) is 54.3 Å². The van der Waals surface area contributed by atoms with Crippen molar-refractivity contribution in [2.45, 2.75) is 98.3 Å². The second kappa shape index (κ2) is 28.9. The summed E-state index contributed by atoms with van der Waals surface area (Å²) in [6, 6.07) is 31.8. The van der Waals surface area contributed by atoms with Crippen molar-refractivity contribution in [2.75, 3.05) is 54.5 Å². The zero-order valence-electron chi connectivity index (χ0n) is 47.4. The first-order chi connectivity index (χ1) is 37.9. The van der Waals surface area contributed by atoms with Gasteiger partial charge < -0.3 is 57.2 Å². The third kappa shape index (κ3) is 15.2. The summed E-state index contributed by atoms with van der Waals surface area (Å²) in [4.78, 5) is 72.7. The molecule has 2 radical (unpaired) electrons. The van der Waals surface area contributed by atoms with Crippen LogP contribution in [0.5, 0.6) is 23.0 Å². The fourth-order valence-electron chi connectivity index (χ4n) is 10.4. The van der Waals surface area contributed by atoms with Crippen molar-refractivity contribution in [3.8, 4) is 34.4 Å². The molecule has 1 N–H and O–H groups in total. The summed E-state index contributed by atoms with van der Waals surface area (Å²) in [7, 11) is 8.14. The number of amides is 2. The molecule has 2 spiro atoms. The van der Waals surface area contributed by atoms with Crippen LogP contribution in [0.15, 0.2) is 109 Å². The number of fused-ring (bicyclic) bond motifs is 8. The number of piperidine rings is 2. The van der Waals surface area contributed by atoms with Crippen molar-refractivity contribution >= 4 is 43.7 Å². The minimum Gasteiger partial charge on any atom is -0.702 e. The number of aldehydes is 1. The standard InChI is InChI=1S/C28H33N3O3.C26H26N2O4.C4H6BO4.C2H4O2.CH4.Na/c1-5-21-9-10-22(18-24(21)33-4)27(32)30-15-12-28(13-16-30)26-7-6-14-31(26)23-11-8-20(19-29(2)3)17-25(23)34-28;1-3-19-7-8-20(16-22(19)31-2)25(30)27-13-10-26(11-14-27)24-5-4-12-28(24)21-9-6-18(17-29)15-23(21)32-26;1-3(6)8-5-9-4(2)7;1-2(3)4;;/h6-11,14,17-18H,5,12-13,15-16,19H2,1-4H3;4-9,12,15-17H,3,10-11,13-14H2,1-2H3;1-2H3;1H3,(H,3,4);1H4;/q;;-1;;;+1. The van der Waals surface area contributed by atoms with Gasteiger partial charge in [0.25, 0.3) is 29.7 Å². The number of hydrogen-bond acceptors (Lipinski definition) is 13. The van der Waals surface area contributed by atoms with E-state index in [2.05, 4.69) is 93.9 Å². The van der Waals surface area contributed by atoms with E-state index < -0.39 is 29.1 Å². The predicted molar refractivity (Wildman–Crippen MR) is 303 cm³/mol. The molecule has 4 aliphatic rings. The van der Waals surface area contributed by atoms with Crippen LogP contribution in [0, 0.1) is 0 Å². The first-order valence-corrected chi connectivity index (χ1v) is 26.3. The number of benzene rings is 4. The SMILES string of the molecule is C.CC(=O)O.CC(=O)O[B-]OC(C)=O.CCc1ccc(C(=O)N2CCC3(CC2)Oc2cc(C=O)ccc2-n2cccc23)cc1OC.CCc1ccc(C(=O)N2CCC3(CC2)Oc2cc(CN(C)C)ccc2-n2cccc23)cc1OC.[Na+]. The summed E-state index contributed by atoms with van der Waals surface area (Å²) in [6.07, 6.45) is 9.57. The maximum atomic E-state index is 13.3. The molecule has 2 saturated heterocycles. The quantitative estimate of drug-likeness (QED) is 0.111. The number of nitrogens with zero attached hydrogens (tertiary/aromatic N) is 5. The van der Waals surface area contributed by atoms with Crippen molar-refractivity contribution in [1.82, 2.24) is 23.8 Å². The number of carbonyl (C=O) groups is 6. The molecule has 18 nitrogen and oxygen atoms in total. The summed E-state index contributed by atoms with van der Waals surface area (Å²) >= 11 is 0. The molecular formula is C61H73BN5NaO13. The van der Waals surface area contributed by atoms with Crippen LogP contribution in [0.1, 0.15) is 127 Å². The zero-order valence-corrected chi connectivity index (χ0v) is 49.4. The van der Waals surface area contributed by atoms with Gasteiger partial charge in [-0.05, 0) is 122 Å². The van der Waals surface area contributed by atoms with Gasteiger partial charge in [0.05, 0.1) is 37.0 Å². The predicted octanol–water partition coefficient (Wildman–Crippen LogP) is 6.40. The topological polar surface area (TPSA) is 198 Å². The van der Waals surface area contributed by atoms with Crippen LogP contribution in [-0.4, -0.2) is 127 Å². The Bertz CT molecular complexity index is 3160. The molecule has 6 heterocycles. The largest absolute Gasteiger partial charge is 1.00 e. The van der Waals surface area contributed by atoms with Gasteiger partial charge in [0.2, 0.25) is 0 Å². The van der Waals surface area contributed by atoms with Crippen LogP contribution in [0.3, 0.4) is 0 Å². The molecule has 20 heteroatoms. The number of rotatable bonds is 11. The van der Waals surface area contributed by atoms with Crippen LogP contribution in [0.25, 0.3) is 11.4 Å². The Kier molecular flexibility index (Phi) is 23.0. The Labute approximate surface area is 497 Å². The smallest absolute Gasteiger partial charge is 0.702 e. The Hall–Kier alpha value is -7.32. The molecule has 2 aromatic heterocycles. The molecule has 0 bridgehead atoms. The van der Waals surface area contributed by atoms with Crippen LogP contribution < -0.4 is 48.5 Å². The minimum absolute atomic E-state index is 0. The minimum atomic E-state index is -0.833. The molecule has 0 atom stereocenters. The Morgan fingerprint density at radius 2 is 1.06 bits per heavy atom. The molecule has 0 aliphatic carbocycles. The molecule has 4 aliphatic heterocycles. The number of carbonyl (C=O) groups excluding carboxylic acids is 5. The number of carboxylic acid groups (broad SMARTS) is 1. The molecule has 6 aromatic rings. The van der Waals surface area contributed by atoms with E-state index in [9.17, 15) is 24.0 Å². The maximum Gasteiger partial charge on any atom is 1.00 e. The number of hydrogen-bond donors (Lipinski definition) is 1. The second-order valence-corrected chi connectivity index (χ2v) is 19.8. The molecule has 2 fully saturated rings. The number of aliphatic carboxylic acids is 1. The van der Waals surface area contributed by atoms with Crippen molar-refractivity contribution in [3.63, 3.8) is 0 Å².